The van der Waals surface area contributed by atoms with Gasteiger partial charge in [-0.1, -0.05) is 13.2 Å². The molecule has 23 heavy (non-hydrogen) atoms. The number of thioether (sulfide) groups is 4. The van der Waals surface area contributed by atoms with Crippen LogP contribution < -0.4 is 0 Å². The van der Waals surface area contributed by atoms with Gasteiger partial charge in [0.25, 0.3) is 0 Å². The number of esters is 2. The summed E-state index contributed by atoms with van der Waals surface area (Å²) >= 11 is 6.98. The molecule has 0 spiro atoms. The van der Waals surface area contributed by atoms with Gasteiger partial charge in [-0.2, -0.15) is 0 Å². The van der Waals surface area contributed by atoms with E-state index in [4.69, 9.17) is 9.47 Å². The lowest BCUT2D eigenvalue weighted by Gasteiger charge is -2.14. The zero-order valence-corrected chi connectivity index (χ0v) is 15.5. The van der Waals surface area contributed by atoms with Crippen LogP contribution in [0.15, 0.2) is 45.9 Å². The van der Waals surface area contributed by atoms with Crippen molar-refractivity contribution in [2.24, 2.45) is 0 Å². The van der Waals surface area contributed by atoms with Crippen molar-refractivity contribution in [1.82, 2.24) is 0 Å². The molecule has 2 unspecified atom stereocenters. The minimum atomic E-state index is -0.398. The molecule has 0 N–H and O–H groups in total. The van der Waals surface area contributed by atoms with Gasteiger partial charge in [0.05, 0.1) is 9.16 Å². The first-order chi connectivity index (χ1) is 11.1. The van der Waals surface area contributed by atoms with Crippen molar-refractivity contribution in [3.05, 3.63) is 45.9 Å². The molecule has 0 aromatic carbocycles. The Morgan fingerprint density at radius 1 is 0.957 bits per heavy atom. The second-order valence-corrected chi connectivity index (χ2v) is 9.80. The molecule has 0 aromatic rings. The number of carbonyl (C=O) groups is 2. The first kappa shape index (κ1) is 18.6. The van der Waals surface area contributed by atoms with Gasteiger partial charge >= 0.3 is 11.9 Å². The normalized spacial score (nSPS) is 23.0. The predicted octanol–water partition coefficient (Wildman–Crippen LogP) is 4.13. The van der Waals surface area contributed by atoms with Crippen molar-refractivity contribution < 1.29 is 19.1 Å². The average Bonchev–Trinajstić information content (AvgIpc) is 3.20. The molecule has 0 amide bonds. The molecule has 4 nitrogen and oxygen atoms in total. The minimum absolute atomic E-state index is 0.310. The molecule has 2 heterocycles. The summed E-state index contributed by atoms with van der Waals surface area (Å²) < 4.78 is 10.9. The Kier molecular flexibility index (Phi) is 7.75. The van der Waals surface area contributed by atoms with Crippen LogP contribution in [0.2, 0.25) is 0 Å². The van der Waals surface area contributed by atoms with Gasteiger partial charge in [0.1, 0.15) is 13.2 Å². The summed E-state index contributed by atoms with van der Waals surface area (Å²) in [5.41, 5.74) is 0. The topological polar surface area (TPSA) is 52.6 Å². The van der Waals surface area contributed by atoms with Crippen LogP contribution in [-0.2, 0) is 19.1 Å². The van der Waals surface area contributed by atoms with Crippen molar-refractivity contribution in [3.63, 3.8) is 0 Å². The lowest BCUT2D eigenvalue weighted by molar-refractivity contribution is -0.137. The third kappa shape index (κ3) is 6.37. The Balaban J connectivity index is 1.64. The van der Waals surface area contributed by atoms with E-state index in [1.54, 1.807) is 47.0 Å². The standard InChI is InChI=1S/C15H16O4S4/c1-3-12(16)18-6-10-8-20-14(22-10)5-15-21-9-11(23-15)7-19-13(17)4-2/h3-4,8-9,14-15H,1-2,5-7H2. The quantitative estimate of drug-likeness (QED) is 0.454. The second-order valence-electron chi connectivity index (χ2n) is 4.39. The van der Waals surface area contributed by atoms with Gasteiger partial charge in [-0.15, -0.1) is 47.0 Å². The van der Waals surface area contributed by atoms with Crippen LogP contribution >= 0.6 is 47.0 Å². The minimum Gasteiger partial charge on any atom is -0.457 e. The smallest absolute Gasteiger partial charge is 0.330 e. The third-order valence-corrected chi connectivity index (χ3v) is 8.06. The number of carbonyl (C=O) groups excluding carboxylic acids is 2. The summed E-state index contributed by atoms with van der Waals surface area (Å²) in [4.78, 5) is 24.2. The molecule has 0 radical (unpaired) electrons. The average molecular weight is 389 g/mol. The lowest BCUT2D eigenvalue weighted by atomic mass is 10.5. The maximum atomic E-state index is 11.1. The van der Waals surface area contributed by atoms with Crippen LogP contribution in [-0.4, -0.2) is 34.3 Å². The number of hydrogen-bond acceptors (Lipinski definition) is 8. The zero-order chi connectivity index (χ0) is 16.7. The third-order valence-electron chi connectivity index (χ3n) is 2.70. The second kappa shape index (κ2) is 9.56. The van der Waals surface area contributed by atoms with Gasteiger partial charge in [0, 0.05) is 22.0 Å². The summed E-state index contributed by atoms with van der Waals surface area (Å²) in [6, 6.07) is 0. The highest BCUT2D eigenvalue weighted by Gasteiger charge is 2.27. The van der Waals surface area contributed by atoms with Crippen molar-refractivity contribution in [3.8, 4) is 0 Å². The summed E-state index contributed by atoms with van der Waals surface area (Å²) in [5.74, 6) is -0.797. The predicted molar refractivity (Wildman–Crippen MR) is 101 cm³/mol. The largest absolute Gasteiger partial charge is 0.457 e. The molecule has 0 saturated carbocycles. The molecule has 124 valence electrons. The number of rotatable bonds is 8. The summed E-state index contributed by atoms with van der Waals surface area (Å²) in [6.45, 7) is 7.37. The van der Waals surface area contributed by atoms with Crippen molar-refractivity contribution >= 4 is 59.0 Å². The Bertz CT molecular complexity index is 508. The lowest BCUT2D eigenvalue weighted by Crippen LogP contribution is -2.06. The molecule has 0 saturated heterocycles. The monoisotopic (exact) mass is 388 g/mol. The van der Waals surface area contributed by atoms with E-state index in [0.717, 1.165) is 16.2 Å². The van der Waals surface area contributed by atoms with Gasteiger partial charge in [-0.3, -0.25) is 0 Å². The fourth-order valence-electron chi connectivity index (χ4n) is 1.66. The van der Waals surface area contributed by atoms with Crippen LogP contribution in [0.5, 0.6) is 0 Å². The molecular weight excluding hydrogens is 372 g/mol. The Labute approximate surface area is 152 Å². The van der Waals surface area contributed by atoms with Crippen molar-refractivity contribution in [1.29, 1.82) is 0 Å². The fourth-order valence-corrected chi connectivity index (χ4v) is 7.30. The highest BCUT2D eigenvalue weighted by atomic mass is 32.2. The van der Waals surface area contributed by atoms with E-state index in [9.17, 15) is 9.59 Å². The summed E-state index contributed by atoms with van der Waals surface area (Å²) in [6.07, 6.45) is 3.35. The molecule has 2 aliphatic rings. The summed E-state index contributed by atoms with van der Waals surface area (Å²) in [5, 5.41) is 4.10. The van der Waals surface area contributed by atoms with Crippen LogP contribution in [0, 0.1) is 0 Å². The maximum Gasteiger partial charge on any atom is 0.330 e. The van der Waals surface area contributed by atoms with E-state index >= 15 is 0 Å². The van der Waals surface area contributed by atoms with Gasteiger partial charge in [-0.05, 0) is 17.2 Å². The van der Waals surface area contributed by atoms with Crippen LogP contribution in [0.3, 0.4) is 0 Å². The molecule has 0 fully saturated rings. The molecule has 8 heteroatoms. The highest BCUT2D eigenvalue weighted by Crippen LogP contribution is 2.49. The van der Waals surface area contributed by atoms with Crippen LogP contribution in [0.1, 0.15) is 6.42 Å². The van der Waals surface area contributed by atoms with Gasteiger partial charge in [-0.25, -0.2) is 9.59 Å². The first-order valence-electron chi connectivity index (χ1n) is 6.71. The number of hydrogen-bond donors (Lipinski definition) is 0. The first-order valence-corrected chi connectivity index (χ1v) is 10.4. The van der Waals surface area contributed by atoms with Gasteiger partial charge < -0.3 is 9.47 Å². The van der Waals surface area contributed by atoms with Crippen molar-refractivity contribution in [2.75, 3.05) is 13.2 Å². The Morgan fingerprint density at radius 2 is 1.39 bits per heavy atom. The van der Waals surface area contributed by atoms with E-state index in [1.807, 2.05) is 0 Å². The van der Waals surface area contributed by atoms with E-state index in [-0.39, 0.29) is 0 Å². The molecule has 2 atom stereocenters. The fraction of sp³-hybridized carbons (Fsp3) is 0.333. The number of ether oxygens (including phenoxy) is 2. The Hall–Kier alpha value is -0.700. The molecule has 2 aliphatic heterocycles. The van der Waals surface area contributed by atoms with Crippen molar-refractivity contribution in [2.45, 2.75) is 15.6 Å². The van der Waals surface area contributed by atoms with E-state index in [0.29, 0.717) is 22.4 Å². The molecule has 2 rings (SSSR count). The van der Waals surface area contributed by atoms with Crippen LogP contribution in [0.4, 0.5) is 0 Å². The zero-order valence-electron chi connectivity index (χ0n) is 12.3. The molecule has 0 aromatic heterocycles. The molecule has 0 aliphatic carbocycles. The molecule has 0 bridgehead atoms. The summed E-state index contributed by atoms with van der Waals surface area (Å²) in [7, 11) is 0. The highest BCUT2D eigenvalue weighted by molar-refractivity contribution is 8.24. The maximum absolute atomic E-state index is 11.1. The Morgan fingerprint density at radius 3 is 1.78 bits per heavy atom. The van der Waals surface area contributed by atoms with E-state index in [2.05, 4.69) is 24.0 Å². The SMILES string of the molecule is C=CC(=O)OCC1=CSC(CC2SC=C(COC(=O)C=C)S2)S1. The van der Waals surface area contributed by atoms with Gasteiger partial charge in [0.15, 0.2) is 0 Å². The van der Waals surface area contributed by atoms with Crippen LogP contribution in [0.25, 0.3) is 0 Å². The molecular formula is C15H16O4S4. The van der Waals surface area contributed by atoms with E-state index < -0.39 is 11.9 Å². The van der Waals surface area contributed by atoms with Gasteiger partial charge in [0.2, 0.25) is 0 Å². The van der Waals surface area contributed by atoms with E-state index in [1.165, 1.54) is 12.2 Å².